The number of aryl methyl sites for hydroxylation is 1. The Balaban J connectivity index is 0. The molecule has 6 heteroatoms. The predicted molar refractivity (Wildman–Crippen MR) is 62.6 cm³/mol. The van der Waals surface area contributed by atoms with Gasteiger partial charge in [-0.3, -0.25) is 0 Å². The van der Waals surface area contributed by atoms with Crippen LogP contribution in [0.5, 0.6) is 0 Å². The third kappa shape index (κ3) is 5.27. The maximum atomic E-state index is 10.8. The molecule has 0 amide bonds. The molecule has 0 aliphatic carbocycles. The van der Waals surface area contributed by atoms with Crippen molar-refractivity contribution in [3.05, 3.63) is 34.9 Å². The molecule has 20 heavy (non-hydrogen) atoms. The van der Waals surface area contributed by atoms with Crippen LogP contribution in [0, 0.1) is 6.92 Å². The number of carbonyl (C=O) groups is 2. The van der Waals surface area contributed by atoms with E-state index in [-0.39, 0.29) is 59.4 Å². The Labute approximate surface area is 153 Å². The standard InChI is InChI=1S/C14H18O4.Li.Na/c1-8-7-9(14(2,3)4)5-6-10(8)11(12(15)16)13(17)18;;/h5-7,11H,1-4H3,(H,15,16)(H,17,18);;/q;2*+1/p-2. The van der Waals surface area contributed by atoms with Gasteiger partial charge in [0, 0.05) is 0 Å². The van der Waals surface area contributed by atoms with E-state index in [0.29, 0.717) is 5.56 Å². The van der Waals surface area contributed by atoms with Crippen LogP contribution in [0.15, 0.2) is 18.2 Å². The minimum atomic E-state index is -1.72. The van der Waals surface area contributed by atoms with Crippen LogP contribution in [-0.4, -0.2) is 11.9 Å². The zero-order chi connectivity index (χ0) is 14.1. The van der Waals surface area contributed by atoms with Crippen molar-refractivity contribution in [1.82, 2.24) is 0 Å². The van der Waals surface area contributed by atoms with Crippen LogP contribution in [0.4, 0.5) is 0 Å². The summed E-state index contributed by atoms with van der Waals surface area (Å²) in [5.41, 5.74) is 1.75. The molecule has 0 bridgehead atoms. The van der Waals surface area contributed by atoms with Crippen molar-refractivity contribution in [2.45, 2.75) is 39.0 Å². The van der Waals surface area contributed by atoms with Crippen molar-refractivity contribution in [3.8, 4) is 0 Å². The van der Waals surface area contributed by atoms with Crippen LogP contribution in [0.25, 0.3) is 0 Å². The zero-order valence-electron chi connectivity index (χ0n) is 12.9. The predicted octanol–water partition coefficient (Wildman–Crippen LogP) is -6.12. The van der Waals surface area contributed by atoms with Gasteiger partial charge in [-0.1, -0.05) is 39.0 Å². The molecule has 4 nitrogen and oxygen atoms in total. The van der Waals surface area contributed by atoms with Crippen LogP contribution in [0.2, 0.25) is 0 Å². The first kappa shape index (κ1) is 22.0. The van der Waals surface area contributed by atoms with Crippen molar-refractivity contribution in [2.75, 3.05) is 0 Å². The Morgan fingerprint density at radius 3 is 1.85 bits per heavy atom. The smallest absolute Gasteiger partial charge is 0.549 e. The maximum absolute atomic E-state index is 10.8. The molecule has 0 spiro atoms. The summed E-state index contributed by atoms with van der Waals surface area (Å²) in [5.74, 6) is -5.03. The summed E-state index contributed by atoms with van der Waals surface area (Å²) in [7, 11) is 0. The quantitative estimate of drug-likeness (QED) is 0.407. The van der Waals surface area contributed by atoms with E-state index in [0.717, 1.165) is 5.56 Å². The number of hydrogen-bond donors (Lipinski definition) is 0. The van der Waals surface area contributed by atoms with Gasteiger partial charge in [0.05, 0.1) is 17.9 Å². The third-order valence-electron chi connectivity index (χ3n) is 2.92. The maximum Gasteiger partial charge on any atom is 1.00 e. The average Bonchev–Trinajstić information content (AvgIpc) is 2.18. The number of carboxylic acid groups (broad SMARTS) is 2. The second-order valence-electron chi connectivity index (χ2n) is 5.39. The minimum Gasteiger partial charge on any atom is -0.549 e. The first-order valence-electron chi connectivity index (χ1n) is 5.67. The fourth-order valence-electron chi connectivity index (χ4n) is 1.82. The van der Waals surface area contributed by atoms with E-state index in [1.807, 2.05) is 20.8 Å². The van der Waals surface area contributed by atoms with Gasteiger partial charge in [-0.05, 0) is 29.0 Å². The topological polar surface area (TPSA) is 80.3 Å². The molecule has 0 aliphatic rings. The monoisotopic (exact) mass is 278 g/mol. The van der Waals surface area contributed by atoms with E-state index in [4.69, 9.17) is 0 Å². The number of hydrogen-bond acceptors (Lipinski definition) is 4. The minimum absolute atomic E-state index is 0. The number of carboxylic acids is 2. The average molecular weight is 278 g/mol. The molecule has 0 fully saturated rings. The van der Waals surface area contributed by atoms with Crippen molar-refractivity contribution in [2.24, 2.45) is 0 Å². The fourth-order valence-corrected chi connectivity index (χ4v) is 1.82. The molecular formula is C14H16LiNaO4. The van der Waals surface area contributed by atoms with E-state index < -0.39 is 17.9 Å². The van der Waals surface area contributed by atoms with Gasteiger partial charge in [0.25, 0.3) is 0 Å². The Morgan fingerprint density at radius 2 is 1.55 bits per heavy atom. The Kier molecular flexibility index (Phi) is 9.11. The van der Waals surface area contributed by atoms with Gasteiger partial charge in [0.2, 0.25) is 0 Å². The molecule has 0 heterocycles. The largest absolute Gasteiger partial charge is 1.00 e. The normalized spacial score (nSPS) is 10.4. The van der Waals surface area contributed by atoms with Crippen LogP contribution in [-0.2, 0) is 15.0 Å². The Morgan fingerprint density at radius 1 is 1.10 bits per heavy atom. The molecule has 0 aliphatic heterocycles. The molecule has 0 atom stereocenters. The molecule has 0 unspecified atom stereocenters. The molecular weight excluding hydrogens is 262 g/mol. The SMILES string of the molecule is Cc1cc(C(C)(C)C)ccc1C(C(=O)[O-])C(=O)[O-].[Li+].[Na+]. The molecule has 0 saturated carbocycles. The van der Waals surface area contributed by atoms with Crippen molar-refractivity contribution in [3.63, 3.8) is 0 Å². The molecule has 0 aromatic heterocycles. The molecule has 0 radical (unpaired) electrons. The van der Waals surface area contributed by atoms with E-state index in [2.05, 4.69) is 0 Å². The van der Waals surface area contributed by atoms with E-state index in [1.165, 1.54) is 6.07 Å². The van der Waals surface area contributed by atoms with Crippen LogP contribution in [0.1, 0.15) is 43.4 Å². The second-order valence-corrected chi connectivity index (χ2v) is 5.39. The number of carbonyl (C=O) groups excluding carboxylic acids is 2. The summed E-state index contributed by atoms with van der Waals surface area (Å²) >= 11 is 0. The molecule has 1 rings (SSSR count). The third-order valence-corrected chi connectivity index (χ3v) is 2.92. The van der Waals surface area contributed by atoms with Crippen LogP contribution in [0.3, 0.4) is 0 Å². The van der Waals surface area contributed by atoms with Crippen LogP contribution < -0.4 is 58.6 Å². The summed E-state index contributed by atoms with van der Waals surface area (Å²) in [6.45, 7) is 7.76. The van der Waals surface area contributed by atoms with Gasteiger partial charge in [0.15, 0.2) is 0 Å². The van der Waals surface area contributed by atoms with Gasteiger partial charge in [-0.25, -0.2) is 0 Å². The van der Waals surface area contributed by atoms with E-state index >= 15 is 0 Å². The molecule has 0 saturated heterocycles. The molecule has 0 N–H and O–H groups in total. The molecule has 1 aromatic rings. The number of rotatable bonds is 3. The summed E-state index contributed by atoms with van der Waals surface area (Å²) in [5, 5.41) is 21.7. The first-order chi connectivity index (χ1) is 8.14. The summed E-state index contributed by atoms with van der Waals surface area (Å²) in [6, 6.07) is 5.06. The summed E-state index contributed by atoms with van der Waals surface area (Å²) < 4.78 is 0. The Bertz CT molecular complexity index is 480. The van der Waals surface area contributed by atoms with Crippen molar-refractivity contribution < 1.29 is 68.2 Å². The fraction of sp³-hybridized carbons (Fsp3) is 0.429. The Hall–Kier alpha value is -0.243. The van der Waals surface area contributed by atoms with Gasteiger partial charge < -0.3 is 19.8 Å². The van der Waals surface area contributed by atoms with Gasteiger partial charge in [-0.15, -0.1) is 0 Å². The van der Waals surface area contributed by atoms with E-state index in [9.17, 15) is 19.8 Å². The number of aliphatic carboxylic acids is 2. The zero-order valence-corrected chi connectivity index (χ0v) is 14.9. The molecule has 98 valence electrons. The van der Waals surface area contributed by atoms with Gasteiger partial charge >= 0.3 is 48.4 Å². The van der Waals surface area contributed by atoms with Crippen molar-refractivity contribution >= 4 is 11.9 Å². The van der Waals surface area contributed by atoms with E-state index in [1.54, 1.807) is 19.1 Å². The summed E-state index contributed by atoms with van der Waals surface area (Å²) in [4.78, 5) is 21.7. The second kappa shape index (κ2) is 8.26. The number of benzene rings is 1. The molecule has 1 aromatic carbocycles. The first-order valence-corrected chi connectivity index (χ1v) is 5.67. The van der Waals surface area contributed by atoms with Gasteiger partial charge in [-0.2, -0.15) is 0 Å². The van der Waals surface area contributed by atoms with Gasteiger partial charge in [0.1, 0.15) is 0 Å². The summed E-state index contributed by atoms with van der Waals surface area (Å²) in [6.07, 6.45) is 0. The van der Waals surface area contributed by atoms with Crippen LogP contribution >= 0.6 is 0 Å². The van der Waals surface area contributed by atoms with Crippen molar-refractivity contribution in [1.29, 1.82) is 0 Å².